The Labute approximate surface area is 90.0 Å². The third-order valence-electron chi connectivity index (χ3n) is 1.64. The molecule has 4 nitrogen and oxygen atoms in total. The number of carbonyl (C=O) groups is 1. The van der Waals surface area contributed by atoms with E-state index in [1.54, 1.807) is 4.98 Å². The number of aromatic amines is 1. The van der Waals surface area contributed by atoms with Gasteiger partial charge in [0.25, 0.3) is 12.0 Å². The number of ether oxygens (including phenoxy) is 1. The summed E-state index contributed by atoms with van der Waals surface area (Å²) in [7, 11) is 0. The summed E-state index contributed by atoms with van der Waals surface area (Å²) in [5.74, 6) is -1.26. The van der Waals surface area contributed by atoms with Crippen LogP contribution in [0.15, 0.2) is 10.9 Å². The lowest BCUT2D eigenvalue weighted by atomic mass is 10.2. The van der Waals surface area contributed by atoms with E-state index in [1.807, 2.05) is 0 Å². The molecule has 0 saturated heterocycles. The molecule has 0 bridgehead atoms. The molecule has 17 heavy (non-hydrogen) atoms. The van der Waals surface area contributed by atoms with E-state index >= 15 is 0 Å². The van der Waals surface area contributed by atoms with Gasteiger partial charge in [-0.2, -0.15) is 0 Å². The van der Waals surface area contributed by atoms with E-state index in [-0.39, 0.29) is 12.4 Å². The van der Waals surface area contributed by atoms with Gasteiger partial charge in [-0.3, -0.25) is 9.59 Å². The van der Waals surface area contributed by atoms with Crippen molar-refractivity contribution >= 4 is 6.29 Å². The summed E-state index contributed by atoms with van der Waals surface area (Å²) in [5, 5.41) is 0. The second-order valence-electron chi connectivity index (χ2n) is 2.79. The maximum atomic E-state index is 12.3. The number of hydrogen-bond donors (Lipinski definition) is 1. The van der Waals surface area contributed by atoms with Gasteiger partial charge in [-0.1, -0.05) is 0 Å². The molecule has 0 atom stereocenters. The minimum atomic E-state index is -5.19. The Hall–Kier alpha value is -1.93. The molecule has 94 valence electrons. The molecule has 1 N–H and O–H groups in total. The monoisotopic (exact) mass is 257 g/mol. The molecule has 1 aromatic rings. The van der Waals surface area contributed by atoms with Crippen molar-refractivity contribution in [2.75, 3.05) is 0 Å². The summed E-state index contributed by atoms with van der Waals surface area (Å²) in [6.07, 6.45) is -8.75. The molecule has 0 amide bonds. The summed E-state index contributed by atoms with van der Waals surface area (Å²) in [6, 6.07) is 0.267. The summed E-state index contributed by atoms with van der Waals surface area (Å²) >= 11 is 0. The second-order valence-corrected chi connectivity index (χ2v) is 2.79. The van der Waals surface area contributed by atoms with Gasteiger partial charge >= 0.3 is 6.36 Å². The first-order valence-electron chi connectivity index (χ1n) is 4.01. The maximum Gasteiger partial charge on any atom is 0.573 e. The maximum absolute atomic E-state index is 12.3. The predicted molar refractivity (Wildman–Crippen MR) is 44.1 cm³/mol. The zero-order chi connectivity index (χ0) is 13.2. The number of alkyl halides is 5. The normalized spacial score (nSPS) is 11.6. The molecule has 0 aromatic carbocycles. The average molecular weight is 257 g/mol. The van der Waals surface area contributed by atoms with Crippen molar-refractivity contribution in [3.63, 3.8) is 0 Å². The molecule has 0 aliphatic carbocycles. The van der Waals surface area contributed by atoms with Gasteiger partial charge in [0, 0.05) is 6.07 Å². The highest BCUT2D eigenvalue weighted by Crippen LogP contribution is 2.29. The standard InChI is InChI=1S/C8H4F5NO3/c9-7(10)6-3(2-15)4(1-5(16)14-6)17-8(11,12)13/h1-2,7H,(H,14,16). The van der Waals surface area contributed by atoms with Crippen LogP contribution in [0, 0.1) is 0 Å². The Morgan fingerprint density at radius 1 is 1.35 bits per heavy atom. The van der Waals surface area contributed by atoms with Crippen molar-refractivity contribution in [1.29, 1.82) is 0 Å². The van der Waals surface area contributed by atoms with Crippen molar-refractivity contribution < 1.29 is 31.5 Å². The lowest BCUT2D eigenvalue weighted by Gasteiger charge is -2.12. The Bertz CT molecular complexity index is 479. The minimum absolute atomic E-state index is 0.251. The summed E-state index contributed by atoms with van der Waals surface area (Å²) in [6.45, 7) is 0. The number of carbonyl (C=O) groups excluding carboxylic acids is 1. The van der Waals surface area contributed by atoms with Crippen molar-refractivity contribution in [3.8, 4) is 5.75 Å². The number of H-pyrrole nitrogens is 1. The molecular formula is C8H4F5NO3. The van der Waals surface area contributed by atoms with Crippen LogP contribution in [-0.2, 0) is 0 Å². The number of halogens is 5. The van der Waals surface area contributed by atoms with E-state index in [1.165, 1.54) is 0 Å². The Balaban J connectivity index is 3.38. The predicted octanol–water partition coefficient (Wildman–Crippen LogP) is 2.02. The quantitative estimate of drug-likeness (QED) is 0.665. The summed E-state index contributed by atoms with van der Waals surface area (Å²) in [4.78, 5) is 22.8. The van der Waals surface area contributed by atoms with Crippen LogP contribution in [0.1, 0.15) is 22.5 Å². The van der Waals surface area contributed by atoms with Gasteiger partial charge in [0.15, 0.2) is 6.29 Å². The van der Waals surface area contributed by atoms with E-state index in [0.717, 1.165) is 0 Å². The molecule has 1 aromatic heterocycles. The van der Waals surface area contributed by atoms with Gasteiger partial charge < -0.3 is 9.72 Å². The van der Waals surface area contributed by atoms with Crippen LogP contribution in [0.3, 0.4) is 0 Å². The van der Waals surface area contributed by atoms with Crippen LogP contribution in [0.5, 0.6) is 5.75 Å². The number of hydrogen-bond acceptors (Lipinski definition) is 3. The summed E-state index contributed by atoms with van der Waals surface area (Å²) in [5.41, 5.74) is -3.49. The van der Waals surface area contributed by atoms with Crippen molar-refractivity contribution in [1.82, 2.24) is 4.98 Å². The van der Waals surface area contributed by atoms with Crippen molar-refractivity contribution in [2.45, 2.75) is 12.8 Å². The number of aromatic nitrogens is 1. The zero-order valence-corrected chi connectivity index (χ0v) is 7.85. The molecule has 9 heteroatoms. The van der Waals surface area contributed by atoms with Gasteiger partial charge in [-0.25, -0.2) is 8.78 Å². The largest absolute Gasteiger partial charge is 0.573 e. The van der Waals surface area contributed by atoms with E-state index < -0.39 is 35.4 Å². The molecule has 0 spiro atoms. The van der Waals surface area contributed by atoms with Gasteiger partial charge in [0.1, 0.15) is 5.75 Å². The van der Waals surface area contributed by atoms with Gasteiger partial charge in [0.2, 0.25) is 0 Å². The molecule has 0 aliphatic heterocycles. The van der Waals surface area contributed by atoms with Crippen LogP contribution in [0.2, 0.25) is 0 Å². The molecule has 0 aliphatic rings. The Morgan fingerprint density at radius 2 is 1.94 bits per heavy atom. The number of aldehydes is 1. The van der Waals surface area contributed by atoms with E-state index in [2.05, 4.69) is 4.74 Å². The fraction of sp³-hybridized carbons (Fsp3) is 0.250. The van der Waals surface area contributed by atoms with Crippen LogP contribution < -0.4 is 10.3 Å². The molecule has 0 fully saturated rings. The SMILES string of the molecule is O=Cc1c(OC(F)(F)F)cc(=O)[nH]c1C(F)F. The van der Waals surface area contributed by atoms with Crippen LogP contribution in [0.25, 0.3) is 0 Å². The second kappa shape index (κ2) is 4.52. The fourth-order valence-electron chi connectivity index (χ4n) is 1.07. The van der Waals surface area contributed by atoms with E-state index in [9.17, 15) is 31.5 Å². The third kappa shape index (κ3) is 3.26. The molecule has 1 heterocycles. The topological polar surface area (TPSA) is 59.2 Å². The number of pyridine rings is 1. The lowest BCUT2D eigenvalue weighted by molar-refractivity contribution is -0.274. The number of rotatable bonds is 3. The highest BCUT2D eigenvalue weighted by atomic mass is 19.4. The highest BCUT2D eigenvalue weighted by molar-refractivity contribution is 5.80. The summed E-state index contributed by atoms with van der Waals surface area (Å²) < 4.78 is 63.6. The molecule has 0 saturated carbocycles. The molecular weight excluding hydrogens is 253 g/mol. The van der Waals surface area contributed by atoms with E-state index in [4.69, 9.17) is 0 Å². The highest BCUT2D eigenvalue weighted by Gasteiger charge is 2.33. The minimum Gasteiger partial charge on any atom is -0.405 e. The first kappa shape index (κ1) is 13.1. The number of nitrogens with one attached hydrogen (secondary N) is 1. The van der Waals surface area contributed by atoms with Gasteiger partial charge in [-0.15, -0.1) is 13.2 Å². The van der Waals surface area contributed by atoms with Crippen LogP contribution >= 0.6 is 0 Å². The fourth-order valence-corrected chi connectivity index (χ4v) is 1.07. The van der Waals surface area contributed by atoms with Gasteiger partial charge in [0.05, 0.1) is 11.3 Å². The zero-order valence-electron chi connectivity index (χ0n) is 7.85. The third-order valence-corrected chi connectivity index (χ3v) is 1.64. The lowest BCUT2D eigenvalue weighted by Crippen LogP contribution is -2.21. The average Bonchev–Trinajstić information content (AvgIpc) is 2.14. The van der Waals surface area contributed by atoms with Crippen molar-refractivity contribution in [2.24, 2.45) is 0 Å². The smallest absolute Gasteiger partial charge is 0.405 e. The Morgan fingerprint density at radius 3 is 2.35 bits per heavy atom. The first-order chi connectivity index (χ1) is 7.74. The molecule has 1 rings (SSSR count). The van der Waals surface area contributed by atoms with Crippen LogP contribution in [0.4, 0.5) is 22.0 Å². The van der Waals surface area contributed by atoms with Crippen LogP contribution in [-0.4, -0.2) is 17.6 Å². The first-order valence-corrected chi connectivity index (χ1v) is 4.01. The van der Waals surface area contributed by atoms with Gasteiger partial charge in [-0.05, 0) is 0 Å². The molecule has 0 unspecified atom stereocenters. The Kier molecular flexibility index (Phi) is 3.49. The van der Waals surface area contributed by atoms with Crippen molar-refractivity contribution in [3.05, 3.63) is 27.7 Å². The molecule has 0 radical (unpaired) electrons. The van der Waals surface area contributed by atoms with E-state index in [0.29, 0.717) is 0 Å².